The van der Waals surface area contributed by atoms with Crippen LogP contribution in [-0.4, -0.2) is 42.3 Å². The van der Waals surface area contributed by atoms with Gasteiger partial charge in [-0.3, -0.25) is 14.4 Å². The first-order chi connectivity index (χ1) is 16.3. The highest BCUT2D eigenvalue weighted by molar-refractivity contribution is 6.38. The maximum absolute atomic E-state index is 12.9. The van der Waals surface area contributed by atoms with Crippen LogP contribution in [0.25, 0.3) is 0 Å². The average Bonchev–Trinajstić information content (AvgIpc) is 2.82. The van der Waals surface area contributed by atoms with Crippen molar-refractivity contribution in [2.24, 2.45) is 5.92 Å². The van der Waals surface area contributed by atoms with E-state index in [1.165, 1.54) is 0 Å². The van der Waals surface area contributed by atoms with E-state index in [0.717, 1.165) is 37.7 Å². The van der Waals surface area contributed by atoms with Crippen molar-refractivity contribution in [3.8, 4) is 0 Å². The van der Waals surface area contributed by atoms with Gasteiger partial charge in [0.1, 0.15) is 12.6 Å². The first kappa shape index (κ1) is 29.1. The lowest BCUT2D eigenvalue weighted by Crippen LogP contribution is -2.54. The molecule has 0 bridgehead atoms. The Kier molecular flexibility index (Phi) is 14.3. The lowest BCUT2D eigenvalue weighted by atomic mass is 10.0. The van der Waals surface area contributed by atoms with Crippen LogP contribution < -0.4 is 16.0 Å². The van der Waals surface area contributed by atoms with E-state index in [1.54, 1.807) is 6.92 Å². The summed E-state index contributed by atoms with van der Waals surface area (Å²) in [7, 11) is 0. The monoisotopic (exact) mass is 475 g/mol. The topological polar surface area (TPSA) is 114 Å². The van der Waals surface area contributed by atoms with Crippen molar-refractivity contribution in [1.29, 1.82) is 0 Å². The van der Waals surface area contributed by atoms with Crippen molar-refractivity contribution >= 4 is 23.7 Å². The van der Waals surface area contributed by atoms with Crippen molar-refractivity contribution < 1.29 is 23.9 Å². The van der Waals surface area contributed by atoms with Crippen LogP contribution >= 0.6 is 0 Å². The molecule has 0 saturated carbocycles. The largest absolute Gasteiger partial charge is 0.445 e. The molecule has 0 fully saturated rings. The van der Waals surface area contributed by atoms with Gasteiger partial charge in [0.2, 0.25) is 11.7 Å². The van der Waals surface area contributed by atoms with Gasteiger partial charge in [0.05, 0.1) is 6.04 Å². The zero-order chi connectivity index (χ0) is 25.3. The number of carbonyl (C=O) groups is 4. The molecule has 1 rings (SSSR count). The van der Waals surface area contributed by atoms with E-state index < -0.39 is 35.8 Å². The van der Waals surface area contributed by atoms with Gasteiger partial charge in [0.25, 0.3) is 5.91 Å². The van der Waals surface area contributed by atoms with E-state index in [0.29, 0.717) is 13.0 Å². The van der Waals surface area contributed by atoms with Gasteiger partial charge in [0, 0.05) is 6.54 Å². The third kappa shape index (κ3) is 11.8. The molecule has 0 aliphatic carbocycles. The van der Waals surface area contributed by atoms with Crippen LogP contribution in [0.5, 0.6) is 0 Å². The number of Topliss-reactive ketones (excluding diaryl/α,β-unsaturated/α-hetero) is 1. The van der Waals surface area contributed by atoms with E-state index in [9.17, 15) is 19.2 Å². The Hall–Kier alpha value is -2.90. The number of nitrogens with one attached hydrogen (secondary N) is 3. The quantitative estimate of drug-likeness (QED) is 0.248. The molecule has 0 saturated heterocycles. The predicted molar refractivity (Wildman–Crippen MR) is 132 cm³/mol. The molecule has 0 aromatic heterocycles. The zero-order valence-electron chi connectivity index (χ0n) is 21.0. The smallest absolute Gasteiger partial charge is 0.408 e. The summed E-state index contributed by atoms with van der Waals surface area (Å²) in [6, 6.07) is 7.38. The van der Waals surface area contributed by atoms with Crippen LogP contribution in [0.1, 0.15) is 78.2 Å². The summed E-state index contributed by atoms with van der Waals surface area (Å²) in [6.45, 7) is 8.22. The second-order valence-electron chi connectivity index (χ2n) is 8.89. The summed E-state index contributed by atoms with van der Waals surface area (Å²) in [6.07, 6.45) is 5.12. The van der Waals surface area contributed by atoms with Gasteiger partial charge in [-0.15, -0.1) is 0 Å². The van der Waals surface area contributed by atoms with Crippen LogP contribution in [0.4, 0.5) is 4.79 Å². The Labute approximate surface area is 203 Å². The number of ketones is 1. The first-order valence-electron chi connectivity index (χ1n) is 12.4. The molecule has 8 nitrogen and oxygen atoms in total. The highest BCUT2D eigenvalue weighted by atomic mass is 16.5. The Morgan fingerprint density at radius 2 is 1.56 bits per heavy atom. The van der Waals surface area contributed by atoms with Crippen LogP contribution in [0.2, 0.25) is 0 Å². The molecule has 34 heavy (non-hydrogen) atoms. The fourth-order valence-electron chi connectivity index (χ4n) is 3.41. The summed E-state index contributed by atoms with van der Waals surface area (Å²) >= 11 is 0. The molecule has 3 N–H and O–H groups in total. The van der Waals surface area contributed by atoms with Gasteiger partial charge in [-0.05, 0) is 30.7 Å². The summed E-state index contributed by atoms with van der Waals surface area (Å²) in [5.41, 5.74) is 0.829. The standard InChI is InChI=1S/C26H41N3O5/c1-5-7-8-9-13-16-27-25(32)23(30)21(6-2)28-24(31)22(17-19(3)4)29-26(33)34-18-20-14-11-10-12-15-20/h10-12,14-15,19,21-22H,5-9,13,16-18H2,1-4H3,(H,27,32)(H,28,31)(H,29,33). The second-order valence-corrected chi connectivity index (χ2v) is 8.89. The summed E-state index contributed by atoms with van der Waals surface area (Å²) in [4.78, 5) is 50.0. The van der Waals surface area contributed by atoms with Gasteiger partial charge in [-0.2, -0.15) is 0 Å². The number of ether oxygens (including phenoxy) is 1. The van der Waals surface area contributed by atoms with Crippen LogP contribution in [0.15, 0.2) is 30.3 Å². The number of unbranched alkanes of at least 4 members (excludes halogenated alkanes) is 4. The van der Waals surface area contributed by atoms with Crippen molar-refractivity contribution in [3.05, 3.63) is 35.9 Å². The Balaban J connectivity index is 2.60. The average molecular weight is 476 g/mol. The lowest BCUT2D eigenvalue weighted by Gasteiger charge is -2.23. The van der Waals surface area contributed by atoms with Crippen LogP contribution in [0, 0.1) is 5.92 Å². The SMILES string of the molecule is CCCCCCCNC(=O)C(=O)C(CC)NC(=O)C(CC(C)C)NC(=O)OCc1ccccc1. The molecular formula is C26H41N3O5. The molecular weight excluding hydrogens is 434 g/mol. The third-order valence-corrected chi connectivity index (χ3v) is 5.36. The minimum Gasteiger partial charge on any atom is -0.445 e. The molecule has 2 atom stereocenters. The summed E-state index contributed by atoms with van der Waals surface area (Å²) in [5, 5.41) is 7.86. The van der Waals surface area contributed by atoms with Crippen LogP contribution in [-0.2, 0) is 25.7 Å². The maximum Gasteiger partial charge on any atom is 0.408 e. The number of hydrogen-bond donors (Lipinski definition) is 3. The van der Waals surface area contributed by atoms with E-state index >= 15 is 0 Å². The Bertz CT molecular complexity index is 767. The van der Waals surface area contributed by atoms with Crippen molar-refractivity contribution in [1.82, 2.24) is 16.0 Å². The Morgan fingerprint density at radius 1 is 0.882 bits per heavy atom. The predicted octanol–water partition coefficient (Wildman–Crippen LogP) is 3.88. The lowest BCUT2D eigenvalue weighted by molar-refractivity contribution is -0.140. The maximum atomic E-state index is 12.9. The number of carbonyl (C=O) groups excluding carboxylic acids is 4. The number of benzene rings is 1. The first-order valence-corrected chi connectivity index (χ1v) is 12.4. The normalized spacial score (nSPS) is 12.5. The molecule has 1 aromatic carbocycles. The molecule has 0 spiro atoms. The fraction of sp³-hybridized carbons (Fsp3) is 0.615. The van der Waals surface area contributed by atoms with Crippen molar-refractivity contribution in [2.75, 3.05) is 6.54 Å². The molecule has 0 radical (unpaired) electrons. The summed E-state index contributed by atoms with van der Waals surface area (Å²) in [5.74, 6) is -1.78. The molecule has 0 heterocycles. The minimum absolute atomic E-state index is 0.0807. The van der Waals surface area contributed by atoms with Gasteiger partial charge in [-0.1, -0.05) is 83.7 Å². The van der Waals surface area contributed by atoms with E-state index in [1.807, 2.05) is 44.2 Å². The number of hydrogen-bond acceptors (Lipinski definition) is 5. The van der Waals surface area contributed by atoms with E-state index in [2.05, 4.69) is 22.9 Å². The Morgan fingerprint density at radius 3 is 2.18 bits per heavy atom. The van der Waals surface area contributed by atoms with Gasteiger partial charge in [-0.25, -0.2) is 4.79 Å². The molecule has 3 amide bonds. The van der Waals surface area contributed by atoms with Gasteiger partial charge in [0.15, 0.2) is 0 Å². The molecule has 0 aliphatic rings. The number of alkyl carbamates (subject to hydrolysis) is 1. The highest BCUT2D eigenvalue weighted by Gasteiger charge is 2.29. The highest BCUT2D eigenvalue weighted by Crippen LogP contribution is 2.08. The van der Waals surface area contributed by atoms with Crippen LogP contribution in [0.3, 0.4) is 0 Å². The van der Waals surface area contributed by atoms with E-state index in [4.69, 9.17) is 4.74 Å². The molecule has 2 unspecified atom stereocenters. The zero-order valence-corrected chi connectivity index (χ0v) is 21.0. The molecule has 0 aliphatic heterocycles. The minimum atomic E-state index is -0.954. The van der Waals surface area contributed by atoms with Crippen molar-refractivity contribution in [2.45, 2.75) is 91.3 Å². The van der Waals surface area contributed by atoms with Gasteiger partial charge >= 0.3 is 6.09 Å². The fourth-order valence-corrected chi connectivity index (χ4v) is 3.41. The van der Waals surface area contributed by atoms with Crippen molar-refractivity contribution in [3.63, 3.8) is 0 Å². The summed E-state index contributed by atoms with van der Waals surface area (Å²) < 4.78 is 5.23. The molecule has 1 aromatic rings. The number of rotatable bonds is 16. The second kappa shape index (κ2) is 16.7. The number of amides is 3. The molecule has 190 valence electrons. The third-order valence-electron chi connectivity index (χ3n) is 5.36. The van der Waals surface area contributed by atoms with Gasteiger partial charge < -0.3 is 20.7 Å². The van der Waals surface area contributed by atoms with E-state index in [-0.39, 0.29) is 18.9 Å². The molecule has 8 heteroatoms.